The molecule has 0 aromatic carbocycles. The molecule has 24 heavy (non-hydrogen) atoms. The van der Waals surface area contributed by atoms with Gasteiger partial charge in [0.15, 0.2) is 5.69 Å². The summed E-state index contributed by atoms with van der Waals surface area (Å²) in [7, 11) is 1.31. The van der Waals surface area contributed by atoms with Crippen molar-refractivity contribution >= 4 is 17.9 Å². The molecule has 1 saturated carbocycles. The van der Waals surface area contributed by atoms with Crippen LogP contribution in [0.1, 0.15) is 31.3 Å². The second-order valence-corrected chi connectivity index (χ2v) is 7.16. The van der Waals surface area contributed by atoms with Crippen LogP contribution in [0.25, 0.3) is 0 Å². The molecule has 1 N–H and O–H groups in total. The molecule has 8 nitrogen and oxygen atoms in total. The van der Waals surface area contributed by atoms with Crippen molar-refractivity contribution < 1.29 is 19.1 Å². The van der Waals surface area contributed by atoms with E-state index in [9.17, 15) is 9.59 Å². The first-order chi connectivity index (χ1) is 11.3. The number of anilines is 1. The molecule has 1 aromatic heterocycles. The number of carbonyl (C=O) groups excluding carboxylic acids is 2. The van der Waals surface area contributed by atoms with Crippen molar-refractivity contribution in [2.24, 2.45) is 11.8 Å². The lowest BCUT2D eigenvalue weighted by Gasteiger charge is -2.22. The van der Waals surface area contributed by atoms with Gasteiger partial charge in [0.2, 0.25) is 0 Å². The number of nitrogens with one attached hydrogen (secondary N) is 1. The van der Waals surface area contributed by atoms with Gasteiger partial charge in [-0.3, -0.25) is 0 Å². The maximum absolute atomic E-state index is 11.8. The first kappa shape index (κ1) is 16.5. The fraction of sp³-hybridized carbons (Fsp3) is 0.625. The lowest BCUT2D eigenvalue weighted by atomic mass is 10.2. The molecular formula is C16H22N4O4. The van der Waals surface area contributed by atoms with Gasteiger partial charge in [-0.2, -0.15) is 0 Å². The van der Waals surface area contributed by atoms with Gasteiger partial charge in [0.25, 0.3) is 0 Å². The van der Waals surface area contributed by atoms with Gasteiger partial charge < -0.3 is 19.7 Å². The fourth-order valence-corrected chi connectivity index (χ4v) is 3.07. The van der Waals surface area contributed by atoms with Gasteiger partial charge >= 0.3 is 12.1 Å². The molecule has 1 amide bonds. The number of esters is 1. The molecular weight excluding hydrogens is 312 g/mol. The number of hydrogen-bond donors (Lipinski definition) is 1. The van der Waals surface area contributed by atoms with E-state index in [1.807, 2.05) is 20.8 Å². The molecule has 1 saturated heterocycles. The monoisotopic (exact) mass is 334 g/mol. The molecule has 3 rings (SSSR count). The number of methoxy groups -OCH3 is 1. The van der Waals surface area contributed by atoms with Crippen LogP contribution >= 0.6 is 0 Å². The molecule has 2 atom stereocenters. The van der Waals surface area contributed by atoms with Crippen molar-refractivity contribution in [3.63, 3.8) is 0 Å². The molecule has 2 unspecified atom stereocenters. The Bertz CT molecular complexity index is 628. The van der Waals surface area contributed by atoms with E-state index in [0.717, 1.165) is 18.9 Å². The highest BCUT2D eigenvalue weighted by molar-refractivity contribution is 5.86. The van der Waals surface area contributed by atoms with Crippen LogP contribution in [0, 0.1) is 11.8 Å². The minimum atomic E-state index is -0.500. The van der Waals surface area contributed by atoms with Gasteiger partial charge in [-0.05, 0) is 20.8 Å². The molecule has 1 aromatic rings. The van der Waals surface area contributed by atoms with Gasteiger partial charge in [0.1, 0.15) is 11.4 Å². The average Bonchev–Trinajstić information content (AvgIpc) is 2.96. The zero-order valence-corrected chi connectivity index (χ0v) is 14.3. The molecule has 1 aliphatic carbocycles. The summed E-state index contributed by atoms with van der Waals surface area (Å²) in [4.78, 5) is 33.6. The summed E-state index contributed by atoms with van der Waals surface area (Å²) in [5.41, 5.74) is -0.299. The van der Waals surface area contributed by atoms with Crippen LogP contribution in [-0.4, -0.2) is 53.9 Å². The van der Waals surface area contributed by atoms with Crippen molar-refractivity contribution in [3.8, 4) is 0 Å². The van der Waals surface area contributed by atoms with Gasteiger partial charge in [0, 0.05) is 31.0 Å². The largest absolute Gasteiger partial charge is 0.464 e. The quantitative estimate of drug-likeness (QED) is 0.831. The topological polar surface area (TPSA) is 93.7 Å². The molecule has 0 radical (unpaired) electrons. The SMILES string of the molecule is COC(=O)c1cnc(N2CC3C(C2)C3NC(=O)OC(C)(C)C)cn1. The number of carbonyl (C=O) groups is 2. The fourth-order valence-electron chi connectivity index (χ4n) is 3.07. The van der Waals surface area contributed by atoms with Gasteiger partial charge in [0.05, 0.1) is 19.5 Å². The lowest BCUT2D eigenvalue weighted by Crippen LogP contribution is -2.38. The number of piperidine rings is 1. The van der Waals surface area contributed by atoms with Crippen molar-refractivity contribution in [1.29, 1.82) is 0 Å². The van der Waals surface area contributed by atoms with Crippen molar-refractivity contribution in [1.82, 2.24) is 15.3 Å². The number of amides is 1. The van der Waals surface area contributed by atoms with Crippen LogP contribution in [0.2, 0.25) is 0 Å². The number of ether oxygens (including phenoxy) is 2. The van der Waals surface area contributed by atoms with Crippen LogP contribution < -0.4 is 10.2 Å². The van der Waals surface area contributed by atoms with Crippen LogP contribution in [0.3, 0.4) is 0 Å². The molecule has 2 fully saturated rings. The molecule has 130 valence electrons. The molecule has 2 heterocycles. The molecule has 8 heteroatoms. The van der Waals surface area contributed by atoms with E-state index in [4.69, 9.17) is 4.74 Å². The highest BCUT2D eigenvalue weighted by atomic mass is 16.6. The Morgan fingerprint density at radius 1 is 1.21 bits per heavy atom. The number of aromatic nitrogens is 2. The summed E-state index contributed by atoms with van der Waals surface area (Å²) in [5.74, 6) is 1.03. The van der Waals surface area contributed by atoms with E-state index < -0.39 is 11.6 Å². The predicted octanol–water partition coefficient (Wildman–Crippen LogP) is 1.22. The number of fused-ring (bicyclic) bond motifs is 1. The molecule has 0 bridgehead atoms. The highest BCUT2D eigenvalue weighted by Gasteiger charge is 2.57. The van der Waals surface area contributed by atoms with Crippen LogP contribution in [0.15, 0.2) is 12.4 Å². The van der Waals surface area contributed by atoms with E-state index in [-0.39, 0.29) is 17.8 Å². The first-order valence-electron chi connectivity index (χ1n) is 7.93. The lowest BCUT2D eigenvalue weighted by molar-refractivity contribution is 0.0517. The molecule has 0 spiro atoms. The maximum atomic E-state index is 11.8. The van der Waals surface area contributed by atoms with Crippen LogP contribution in [0.5, 0.6) is 0 Å². The van der Waals surface area contributed by atoms with Crippen molar-refractivity contribution in [2.75, 3.05) is 25.1 Å². The van der Waals surface area contributed by atoms with E-state index in [1.54, 1.807) is 6.20 Å². The van der Waals surface area contributed by atoms with Gasteiger partial charge in [-0.15, -0.1) is 0 Å². The predicted molar refractivity (Wildman–Crippen MR) is 85.7 cm³/mol. The third-order valence-corrected chi connectivity index (χ3v) is 4.23. The Hall–Kier alpha value is -2.38. The number of rotatable bonds is 3. The van der Waals surface area contributed by atoms with E-state index in [0.29, 0.717) is 11.8 Å². The first-order valence-corrected chi connectivity index (χ1v) is 7.93. The zero-order chi connectivity index (χ0) is 17.5. The summed E-state index contributed by atoms with van der Waals surface area (Å²) in [5, 5.41) is 2.93. The number of nitrogens with zero attached hydrogens (tertiary/aromatic N) is 3. The summed E-state index contributed by atoms with van der Waals surface area (Å²) in [6.45, 7) is 7.14. The Kier molecular flexibility index (Phi) is 4.06. The summed E-state index contributed by atoms with van der Waals surface area (Å²) in [6, 6.07) is 0.165. The normalized spacial score (nSPS) is 25.0. The summed E-state index contributed by atoms with van der Waals surface area (Å²) >= 11 is 0. The van der Waals surface area contributed by atoms with E-state index in [2.05, 4.69) is 24.9 Å². The van der Waals surface area contributed by atoms with Crippen molar-refractivity contribution in [2.45, 2.75) is 32.4 Å². The maximum Gasteiger partial charge on any atom is 0.407 e. The average molecular weight is 334 g/mol. The Morgan fingerprint density at radius 2 is 1.88 bits per heavy atom. The van der Waals surface area contributed by atoms with E-state index >= 15 is 0 Å². The standard InChI is InChI=1S/C16H22N4O4/c1-16(2,3)24-15(22)19-13-9-7-20(8-10(9)13)12-6-17-11(5-18-12)14(21)23-4/h5-6,9-10,13H,7-8H2,1-4H3,(H,19,22). The third kappa shape index (κ3) is 3.42. The second-order valence-electron chi connectivity index (χ2n) is 7.16. The molecule has 2 aliphatic rings. The van der Waals surface area contributed by atoms with Gasteiger partial charge in [-0.25, -0.2) is 19.6 Å². The Balaban J connectivity index is 1.51. The third-order valence-electron chi connectivity index (χ3n) is 4.23. The Labute approximate surface area is 140 Å². The summed E-state index contributed by atoms with van der Waals surface area (Å²) < 4.78 is 9.89. The molecule has 1 aliphatic heterocycles. The van der Waals surface area contributed by atoms with Gasteiger partial charge in [-0.1, -0.05) is 0 Å². The van der Waals surface area contributed by atoms with Crippen molar-refractivity contribution in [3.05, 3.63) is 18.1 Å². The van der Waals surface area contributed by atoms with E-state index in [1.165, 1.54) is 13.3 Å². The number of hydrogen-bond acceptors (Lipinski definition) is 7. The smallest absolute Gasteiger partial charge is 0.407 e. The Morgan fingerprint density at radius 3 is 2.38 bits per heavy atom. The second kappa shape index (κ2) is 5.92. The highest BCUT2D eigenvalue weighted by Crippen LogP contribution is 2.46. The minimum Gasteiger partial charge on any atom is -0.464 e. The van der Waals surface area contributed by atoms with Crippen LogP contribution in [0.4, 0.5) is 10.6 Å². The minimum absolute atomic E-state index is 0.165. The summed E-state index contributed by atoms with van der Waals surface area (Å²) in [6.07, 6.45) is 2.63. The van der Waals surface area contributed by atoms with Crippen LogP contribution in [-0.2, 0) is 9.47 Å². The zero-order valence-electron chi connectivity index (χ0n) is 14.3. The number of alkyl carbamates (subject to hydrolysis) is 1.